The number of benzene rings is 1. The van der Waals surface area contributed by atoms with E-state index in [0.717, 1.165) is 76.2 Å². The number of hydrogen-bond donors (Lipinski definition) is 3. The van der Waals surface area contributed by atoms with Crippen LogP contribution in [-0.2, 0) is 4.79 Å². The van der Waals surface area contributed by atoms with Crippen molar-refractivity contribution in [3.63, 3.8) is 0 Å². The molecule has 1 fully saturated rings. The van der Waals surface area contributed by atoms with Crippen LogP contribution in [0.25, 0.3) is 44.3 Å². The van der Waals surface area contributed by atoms with Gasteiger partial charge in [0.1, 0.15) is 5.69 Å². The molecule has 0 unspecified atom stereocenters. The Hall–Kier alpha value is -4.24. The second-order valence-electron chi connectivity index (χ2n) is 10.0. The quantitative estimate of drug-likeness (QED) is 0.332. The largest absolute Gasteiger partial charge is 0.367 e. The fourth-order valence-corrected chi connectivity index (χ4v) is 4.81. The maximum atomic E-state index is 12.2. The van der Waals surface area contributed by atoms with Crippen LogP contribution < -0.4 is 10.2 Å². The number of likely N-dealkylation sites (N-methyl/N-ethyl adjacent to an activating group) is 1. The molecule has 0 aliphatic carbocycles. The summed E-state index contributed by atoms with van der Waals surface area (Å²) in [5, 5.41) is 12.9. The van der Waals surface area contributed by atoms with Gasteiger partial charge in [0, 0.05) is 54.6 Å². The predicted octanol–water partition coefficient (Wildman–Crippen LogP) is 4.51. The highest BCUT2D eigenvalue weighted by Gasteiger charge is 2.19. The van der Waals surface area contributed by atoms with Gasteiger partial charge in [0.15, 0.2) is 0 Å². The molecule has 4 aromatic heterocycles. The predicted molar refractivity (Wildman–Crippen MR) is 148 cm³/mol. The summed E-state index contributed by atoms with van der Waals surface area (Å²) in [6.07, 6.45) is 7.32. The summed E-state index contributed by atoms with van der Waals surface area (Å²) < 4.78 is 0. The normalized spacial score (nSPS) is 14.6. The van der Waals surface area contributed by atoms with Gasteiger partial charge in [0.25, 0.3) is 0 Å². The summed E-state index contributed by atoms with van der Waals surface area (Å²) in [5.74, 6) is -0.132. The first-order chi connectivity index (χ1) is 18.0. The van der Waals surface area contributed by atoms with Crippen LogP contribution in [0.4, 0.5) is 11.4 Å². The molecule has 0 radical (unpaired) electrons. The Balaban J connectivity index is 1.36. The minimum absolute atomic E-state index is 0.0317. The summed E-state index contributed by atoms with van der Waals surface area (Å²) in [5.41, 5.74) is 7.51. The van der Waals surface area contributed by atoms with E-state index in [1.165, 1.54) is 0 Å². The zero-order chi connectivity index (χ0) is 25.5. The second-order valence-corrected chi connectivity index (χ2v) is 10.0. The number of aromatic amines is 2. The molecule has 0 spiro atoms. The number of fused-ring (bicyclic) bond motifs is 2. The maximum Gasteiger partial charge on any atom is 0.226 e. The highest BCUT2D eigenvalue weighted by molar-refractivity contribution is 6.00. The molecule has 188 valence electrons. The molecule has 9 nitrogen and oxygen atoms in total. The number of nitrogens with zero attached hydrogens (tertiary/aromatic N) is 5. The average Bonchev–Trinajstić information content (AvgIpc) is 3.53. The molecule has 5 heterocycles. The molecular weight excluding hydrogens is 464 g/mol. The summed E-state index contributed by atoms with van der Waals surface area (Å²) in [6, 6.07) is 10.3. The number of piperazine rings is 1. The maximum absolute atomic E-state index is 12.2. The van der Waals surface area contributed by atoms with Gasteiger partial charge in [-0.1, -0.05) is 19.9 Å². The Kier molecular flexibility index (Phi) is 5.84. The van der Waals surface area contributed by atoms with E-state index in [-0.39, 0.29) is 11.8 Å². The van der Waals surface area contributed by atoms with Crippen molar-refractivity contribution in [3.05, 3.63) is 55.1 Å². The lowest BCUT2D eigenvalue weighted by atomic mass is 10.0. The first-order valence-corrected chi connectivity index (χ1v) is 12.6. The minimum atomic E-state index is -0.100. The van der Waals surface area contributed by atoms with Gasteiger partial charge in [-0.3, -0.25) is 19.9 Å². The zero-order valence-corrected chi connectivity index (χ0v) is 21.2. The van der Waals surface area contributed by atoms with Gasteiger partial charge in [-0.25, -0.2) is 0 Å². The number of aromatic nitrogens is 5. The van der Waals surface area contributed by atoms with Gasteiger partial charge in [-0.2, -0.15) is 5.10 Å². The lowest BCUT2D eigenvalue weighted by Crippen LogP contribution is -2.44. The van der Waals surface area contributed by atoms with Crippen molar-refractivity contribution >= 4 is 39.1 Å². The molecule has 0 bridgehead atoms. The Morgan fingerprint density at radius 2 is 1.73 bits per heavy atom. The van der Waals surface area contributed by atoms with Crippen LogP contribution in [0.5, 0.6) is 0 Å². The van der Waals surface area contributed by atoms with Crippen molar-refractivity contribution < 1.29 is 4.79 Å². The molecule has 9 heteroatoms. The summed E-state index contributed by atoms with van der Waals surface area (Å²) >= 11 is 0. The number of rotatable bonds is 5. The molecule has 6 rings (SSSR count). The Labute approximate surface area is 214 Å². The topological polar surface area (TPSA) is 106 Å². The first-order valence-electron chi connectivity index (χ1n) is 12.6. The smallest absolute Gasteiger partial charge is 0.226 e. The van der Waals surface area contributed by atoms with Crippen LogP contribution in [0.2, 0.25) is 0 Å². The van der Waals surface area contributed by atoms with Gasteiger partial charge < -0.3 is 20.1 Å². The van der Waals surface area contributed by atoms with E-state index in [1.54, 1.807) is 6.20 Å². The van der Waals surface area contributed by atoms with Crippen LogP contribution in [0.1, 0.15) is 13.8 Å². The second kappa shape index (κ2) is 9.33. The van der Waals surface area contributed by atoms with E-state index in [9.17, 15) is 4.79 Å². The monoisotopic (exact) mass is 494 g/mol. The van der Waals surface area contributed by atoms with Crippen molar-refractivity contribution in [2.24, 2.45) is 5.92 Å². The number of pyridine rings is 2. The van der Waals surface area contributed by atoms with Crippen molar-refractivity contribution in [1.82, 2.24) is 30.0 Å². The SMILES string of the molecule is CC(C)C(=O)Nc1cncc(-c2ccc3[nH]nc(-c4cc5c(N6CCN(C)CC6)cncc5[nH]4)c3c2)c1. The molecule has 0 saturated carbocycles. The molecular formula is C28H30N8O. The van der Waals surface area contributed by atoms with Gasteiger partial charge in [0.05, 0.1) is 46.7 Å². The van der Waals surface area contributed by atoms with E-state index in [2.05, 4.69) is 59.4 Å². The van der Waals surface area contributed by atoms with Crippen molar-refractivity contribution in [2.45, 2.75) is 13.8 Å². The Morgan fingerprint density at radius 1 is 0.919 bits per heavy atom. The Morgan fingerprint density at radius 3 is 2.54 bits per heavy atom. The van der Waals surface area contributed by atoms with E-state index in [4.69, 9.17) is 0 Å². The van der Waals surface area contributed by atoms with Crippen LogP contribution in [0, 0.1) is 5.92 Å². The van der Waals surface area contributed by atoms with Crippen molar-refractivity contribution in [1.29, 1.82) is 0 Å². The first kappa shape index (κ1) is 23.2. The van der Waals surface area contributed by atoms with Gasteiger partial charge in [-0.15, -0.1) is 0 Å². The van der Waals surface area contributed by atoms with Crippen LogP contribution in [0.3, 0.4) is 0 Å². The van der Waals surface area contributed by atoms with E-state index in [0.29, 0.717) is 5.69 Å². The third-order valence-corrected chi connectivity index (χ3v) is 7.05. The fourth-order valence-electron chi connectivity index (χ4n) is 4.81. The molecule has 1 aliphatic heterocycles. The molecule has 3 N–H and O–H groups in total. The third kappa shape index (κ3) is 4.42. The molecule has 1 aromatic carbocycles. The van der Waals surface area contributed by atoms with E-state index < -0.39 is 0 Å². The number of H-pyrrole nitrogens is 2. The number of carbonyl (C=O) groups is 1. The fraction of sp³-hybridized carbons (Fsp3) is 0.286. The van der Waals surface area contributed by atoms with E-state index >= 15 is 0 Å². The molecule has 5 aromatic rings. The number of carbonyl (C=O) groups excluding carboxylic acids is 1. The van der Waals surface area contributed by atoms with Gasteiger partial charge >= 0.3 is 0 Å². The summed E-state index contributed by atoms with van der Waals surface area (Å²) in [6.45, 7) is 7.79. The Bertz CT molecular complexity index is 1590. The van der Waals surface area contributed by atoms with Gasteiger partial charge in [0.2, 0.25) is 5.91 Å². The van der Waals surface area contributed by atoms with Crippen LogP contribution >= 0.6 is 0 Å². The summed E-state index contributed by atoms with van der Waals surface area (Å²) in [7, 11) is 2.16. The number of anilines is 2. The molecule has 1 aliphatic rings. The lowest BCUT2D eigenvalue weighted by molar-refractivity contribution is -0.118. The lowest BCUT2D eigenvalue weighted by Gasteiger charge is -2.34. The highest BCUT2D eigenvalue weighted by Crippen LogP contribution is 2.35. The number of hydrogen-bond acceptors (Lipinski definition) is 6. The van der Waals surface area contributed by atoms with Crippen molar-refractivity contribution in [2.75, 3.05) is 43.4 Å². The molecule has 0 atom stereocenters. The van der Waals surface area contributed by atoms with Crippen LogP contribution in [0.15, 0.2) is 55.1 Å². The summed E-state index contributed by atoms with van der Waals surface area (Å²) in [4.78, 5) is 29.3. The standard InChI is InChI=1S/C28H30N8O/c1-17(2)28(37)31-20-10-19(13-29-14-20)18-4-5-23-22(11-18)27(34-33-23)24-12-21-25(32-24)15-30-16-26(21)36-8-6-35(3)7-9-36/h4-5,10-17,32H,6-9H2,1-3H3,(H,31,37)(H,33,34). The van der Waals surface area contributed by atoms with Crippen molar-refractivity contribution in [3.8, 4) is 22.5 Å². The third-order valence-electron chi connectivity index (χ3n) is 7.05. The molecule has 37 heavy (non-hydrogen) atoms. The zero-order valence-electron chi connectivity index (χ0n) is 21.2. The molecule has 1 saturated heterocycles. The minimum Gasteiger partial charge on any atom is -0.367 e. The average molecular weight is 495 g/mol. The van der Waals surface area contributed by atoms with E-state index in [1.807, 2.05) is 50.6 Å². The molecule has 1 amide bonds. The van der Waals surface area contributed by atoms with Gasteiger partial charge in [-0.05, 0) is 36.9 Å². The number of amides is 1. The van der Waals surface area contributed by atoms with Crippen LogP contribution in [-0.4, -0.2) is 69.2 Å². The highest BCUT2D eigenvalue weighted by atomic mass is 16.1. The number of nitrogens with one attached hydrogen (secondary N) is 3.